The van der Waals surface area contributed by atoms with Crippen LogP contribution in [0.5, 0.6) is 5.75 Å². The van der Waals surface area contributed by atoms with Crippen molar-refractivity contribution >= 4 is 35.8 Å². The Labute approximate surface area is 155 Å². The zero-order chi connectivity index (χ0) is 16.2. The molecule has 128 valence electrons. The van der Waals surface area contributed by atoms with E-state index in [0.29, 0.717) is 11.7 Å². The molecule has 0 radical (unpaired) electrons. The van der Waals surface area contributed by atoms with Gasteiger partial charge in [-0.05, 0) is 67.1 Å². The second kappa shape index (κ2) is 8.61. The number of thioether (sulfide) groups is 1. The fourth-order valence-electron chi connectivity index (χ4n) is 3.14. The first kappa shape index (κ1) is 18.9. The number of fused-ring (bicyclic) bond motifs is 1. The summed E-state index contributed by atoms with van der Waals surface area (Å²) in [4.78, 5) is 3.62. The van der Waals surface area contributed by atoms with Gasteiger partial charge < -0.3 is 10.0 Å². The van der Waals surface area contributed by atoms with Gasteiger partial charge in [0.15, 0.2) is 0 Å². The average molecular weight is 362 g/mol. The maximum atomic E-state index is 9.76. The van der Waals surface area contributed by atoms with Gasteiger partial charge in [0, 0.05) is 11.4 Å². The average Bonchev–Trinajstić information content (AvgIpc) is 2.67. The largest absolute Gasteiger partial charge is 0.508 e. The van der Waals surface area contributed by atoms with Gasteiger partial charge in [0.1, 0.15) is 5.75 Å². The Morgan fingerprint density at radius 1 is 1.17 bits per heavy atom. The second-order valence-corrected chi connectivity index (χ2v) is 7.42. The smallest absolute Gasteiger partial charge is 0.116 e. The van der Waals surface area contributed by atoms with Gasteiger partial charge in [-0.25, -0.2) is 0 Å². The van der Waals surface area contributed by atoms with E-state index in [1.165, 1.54) is 22.5 Å². The molecule has 1 aliphatic rings. The molecular weight excluding hydrogens is 338 g/mol. The van der Waals surface area contributed by atoms with E-state index in [2.05, 4.69) is 55.4 Å². The number of phenolic OH excluding ortho intramolecular Hbond substituents is 1. The van der Waals surface area contributed by atoms with Crippen LogP contribution in [0.25, 0.3) is 11.6 Å². The lowest BCUT2D eigenvalue weighted by Gasteiger charge is -2.23. The third-order valence-corrected chi connectivity index (χ3v) is 5.25. The Morgan fingerprint density at radius 3 is 2.71 bits per heavy atom. The molecule has 1 atom stereocenters. The minimum Gasteiger partial charge on any atom is -0.508 e. The predicted molar refractivity (Wildman–Crippen MR) is 107 cm³/mol. The molecule has 1 N–H and O–H groups in total. The minimum absolute atomic E-state index is 0. The van der Waals surface area contributed by atoms with E-state index in [9.17, 15) is 5.11 Å². The molecule has 0 saturated heterocycles. The summed E-state index contributed by atoms with van der Waals surface area (Å²) in [6.07, 6.45) is 3.42. The van der Waals surface area contributed by atoms with Crippen LogP contribution in [-0.2, 0) is 0 Å². The van der Waals surface area contributed by atoms with Crippen LogP contribution >= 0.6 is 24.2 Å². The van der Waals surface area contributed by atoms with Crippen LogP contribution in [0.15, 0.2) is 53.4 Å². The van der Waals surface area contributed by atoms with Gasteiger partial charge >= 0.3 is 0 Å². The molecule has 2 aromatic carbocycles. The first-order valence-electron chi connectivity index (χ1n) is 8.01. The van der Waals surface area contributed by atoms with Crippen LogP contribution in [-0.4, -0.2) is 36.4 Å². The van der Waals surface area contributed by atoms with E-state index < -0.39 is 0 Å². The molecule has 0 amide bonds. The van der Waals surface area contributed by atoms with Gasteiger partial charge in [-0.15, -0.1) is 24.2 Å². The van der Waals surface area contributed by atoms with Crippen LogP contribution in [0, 0.1) is 5.92 Å². The summed E-state index contributed by atoms with van der Waals surface area (Å²) in [5.41, 5.74) is 3.78. The van der Waals surface area contributed by atoms with Crippen molar-refractivity contribution in [3.8, 4) is 5.75 Å². The highest BCUT2D eigenvalue weighted by molar-refractivity contribution is 7.99. The zero-order valence-electron chi connectivity index (χ0n) is 14.1. The van der Waals surface area contributed by atoms with Gasteiger partial charge in [0.05, 0.1) is 0 Å². The number of aromatic hydroxyl groups is 1. The molecule has 0 spiro atoms. The SMILES string of the molecule is CN(C)CC1CCSc2ccccc2/C1=C\c1cccc(O)c1.Cl. The first-order valence-corrected chi connectivity index (χ1v) is 8.99. The van der Waals surface area contributed by atoms with Gasteiger partial charge in [-0.1, -0.05) is 36.4 Å². The van der Waals surface area contributed by atoms with Gasteiger partial charge in [0.25, 0.3) is 0 Å². The van der Waals surface area contributed by atoms with Crippen molar-refractivity contribution < 1.29 is 5.11 Å². The van der Waals surface area contributed by atoms with Crippen molar-refractivity contribution in [1.29, 1.82) is 0 Å². The van der Waals surface area contributed by atoms with Crippen LogP contribution in [0.3, 0.4) is 0 Å². The lowest BCUT2D eigenvalue weighted by atomic mass is 9.88. The molecule has 4 heteroatoms. The van der Waals surface area contributed by atoms with E-state index in [-0.39, 0.29) is 12.4 Å². The molecule has 0 saturated carbocycles. The number of benzene rings is 2. The summed E-state index contributed by atoms with van der Waals surface area (Å²) in [6.45, 7) is 1.04. The molecule has 24 heavy (non-hydrogen) atoms. The molecule has 0 aliphatic carbocycles. The molecule has 0 aromatic heterocycles. The van der Waals surface area contributed by atoms with Gasteiger partial charge in [0.2, 0.25) is 0 Å². The number of hydrogen-bond acceptors (Lipinski definition) is 3. The molecule has 0 bridgehead atoms. The highest BCUT2D eigenvalue weighted by Crippen LogP contribution is 2.40. The van der Waals surface area contributed by atoms with Crippen LogP contribution < -0.4 is 0 Å². The third-order valence-electron chi connectivity index (χ3n) is 4.14. The second-order valence-electron chi connectivity index (χ2n) is 6.29. The number of halogens is 1. The zero-order valence-corrected chi connectivity index (χ0v) is 15.7. The lowest BCUT2D eigenvalue weighted by molar-refractivity contribution is 0.361. The van der Waals surface area contributed by atoms with Crippen molar-refractivity contribution in [2.75, 3.05) is 26.4 Å². The van der Waals surface area contributed by atoms with E-state index in [0.717, 1.165) is 17.9 Å². The van der Waals surface area contributed by atoms with Crippen molar-refractivity contribution in [3.05, 3.63) is 59.7 Å². The quantitative estimate of drug-likeness (QED) is 0.829. The van der Waals surface area contributed by atoms with Gasteiger partial charge in [-0.2, -0.15) is 0 Å². The Balaban J connectivity index is 0.00000208. The van der Waals surface area contributed by atoms with Gasteiger partial charge in [-0.3, -0.25) is 0 Å². The molecule has 3 rings (SSSR count). The summed E-state index contributed by atoms with van der Waals surface area (Å²) in [5.74, 6) is 1.97. The number of hydrogen-bond donors (Lipinski definition) is 1. The number of rotatable bonds is 3. The fourth-order valence-corrected chi connectivity index (χ4v) is 4.28. The van der Waals surface area contributed by atoms with Crippen LogP contribution in [0.2, 0.25) is 0 Å². The number of phenols is 1. The topological polar surface area (TPSA) is 23.5 Å². The van der Waals surface area contributed by atoms with Crippen molar-refractivity contribution in [1.82, 2.24) is 4.90 Å². The monoisotopic (exact) mass is 361 g/mol. The lowest BCUT2D eigenvalue weighted by Crippen LogP contribution is -2.22. The predicted octanol–water partition coefficient (Wildman–Crippen LogP) is 5.03. The Bertz CT molecular complexity index is 714. The van der Waals surface area contributed by atoms with Crippen LogP contribution in [0.4, 0.5) is 0 Å². The minimum atomic E-state index is 0. The highest BCUT2D eigenvalue weighted by atomic mass is 35.5. The third kappa shape index (κ3) is 4.56. The van der Waals surface area contributed by atoms with Crippen molar-refractivity contribution in [2.45, 2.75) is 11.3 Å². The Kier molecular flexibility index (Phi) is 6.79. The van der Waals surface area contributed by atoms with E-state index in [1.54, 1.807) is 6.07 Å². The molecular formula is C20H24ClNOS. The van der Waals surface area contributed by atoms with E-state index in [1.807, 2.05) is 23.9 Å². The first-order chi connectivity index (χ1) is 11.1. The summed E-state index contributed by atoms with van der Waals surface area (Å²) in [5, 5.41) is 9.76. The molecule has 0 fully saturated rings. The number of nitrogens with zero attached hydrogens (tertiary/aromatic N) is 1. The van der Waals surface area contributed by atoms with E-state index >= 15 is 0 Å². The summed E-state index contributed by atoms with van der Waals surface area (Å²) in [6, 6.07) is 16.2. The summed E-state index contributed by atoms with van der Waals surface area (Å²) in [7, 11) is 4.27. The standard InChI is InChI=1S/C20H23NOS.ClH/c1-21(2)14-16-10-11-23-20-9-4-3-8-18(20)19(16)13-15-6-5-7-17(22)12-15;/h3-9,12-13,16,22H,10-11,14H2,1-2H3;1H/b19-13-;. The Morgan fingerprint density at radius 2 is 1.96 bits per heavy atom. The molecule has 1 heterocycles. The fraction of sp³-hybridized carbons (Fsp3) is 0.300. The summed E-state index contributed by atoms with van der Waals surface area (Å²) >= 11 is 1.95. The molecule has 1 unspecified atom stereocenters. The maximum Gasteiger partial charge on any atom is 0.116 e. The molecule has 2 nitrogen and oxygen atoms in total. The normalized spacial score (nSPS) is 18.8. The van der Waals surface area contributed by atoms with Crippen molar-refractivity contribution in [2.24, 2.45) is 5.92 Å². The van der Waals surface area contributed by atoms with E-state index in [4.69, 9.17) is 0 Å². The molecule has 2 aromatic rings. The van der Waals surface area contributed by atoms with Crippen LogP contribution in [0.1, 0.15) is 17.5 Å². The maximum absolute atomic E-state index is 9.76. The van der Waals surface area contributed by atoms with Crippen molar-refractivity contribution in [3.63, 3.8) is 0 Å². The molecule has 1 aliphatic heterocycles. The highest BCUT2D eigenvalue weighted by Gasteiger charge is 2.22. The Hall–Kier alpha value is -1.42. The summed E-state index contributed by atoms with van der Waals surface area (Å²) < 4.78 is 0.